The van der Waals surface area contributed by atoms with E-state index in [1.54, 1.807) is 0 Å². The summed E-state index contributed by atoms with van der Waals surface area (Å²) in [4.78, 5) is 0. The van der Waals surface area contributed by atoms with Gasteiger partial charge in [0.15, 0.2) is 0 Å². The van der Waals surface area contributed by atoms with Gasteiger partial charge in [0, 0.05) is 28.7 Å². The molecule has 3 unspecified atom stereocenters. The number of fused-ring (bicyclic) bond motifs is 1. The number of halogens is 1. The van der Waals surface area contributed by atoms with Gasteiger partial charge in [-0.05, 0) is 50.2 Å². The van der Waals surface area contributed by atoms with Crippen molar-refractivity contribution in [1.29, 1.82) is 0 Å². The molecule has 4 rings (SSSR count). The molecule has 0 bridgehead atoms. The smallest absolute Gasteiger partial charge is 0.125 e. The van der Waals surface area contributed by atoms with Gasteiger partial charge in [-0.15, -0.1) is 0 Å². The molecular weight excluding hydrogens is 330 g/mol. The fraction of sp³-hybridized carbons (Fsp3) is 0.647. The van der Waals surface area contributed by atoms with E-state index in [1.165, 1.54) is 18.4 Å². The number of nitrogens with one attached hydrogen (secondary N) is 1. The van der Waals surface area contributed by atoms with Gasteiger partial charge >= 0.3 is 0 Å². The van der Waals surface area contributed by atoms with Gasteiger partial charge in [0.1, 0.15) is 5.75 Å². The first-order chi connectivity index (χ1) is 10.3. The van der Waals surface area contributed by atoms with E-state index in [9.17, 15) is 0 Å². The molecule has 3 aliphatic rings. The van der Waals surface area contributed by atoms with Gasteiger partial charge in [0.05, 0.1) is 12.7 Å². The molecule has 1 N–H and O–H groups in total. The third-order valence-electron chi connectivity index (χ3n) is 4.88. The van der Waals surface area contributed by atoms with E-state index >= 15 is 0 Å². The average Bonchev–Trinajstić information content (AvgIpc) is 3.25. The summed E-state index contributed by atoms with van der Waals surface area (Å²) in [6, 6.07) is 7.31. The minimum Gasteiger partial charge on any atom is -0.493 e. The first-order valence-electron chi connectivity index (χ1n) is 8.11. The molecule has 1 aromatic rings. The molecule has 3 atom stereocenters. The van der Waals surface area contributed by atoms with Crippen LogP contribution in [0.3, 0.4) is 0 Å². The van der Waals surface area contributed by atoms with Gasteiger partial charge in [-0.3, -0.25) is 0 Å². The maximum Gasteiger partial charge on any atom is 0.125 e. The topological polar surface area (TPSA) is 30.5 Å². The van der Waals surface area contributed by atoms with E-state index in [0.29, 0.717) is 18.2 Å². The fourth-order valence-electron chi connectivity index (χ4n) is 3.66. The molecule has 0 amide bonds. The number of hydrogen-bond acceptors (Lipinski definition) is 3. The third kappa shape index (κ3) is 2.99. The van der Waals surface area contributed by atoms with E-state index in [4.69, 9.17) is 9.47 Å². The van der Waals surface area contributed by atoms with Gasteiger partial charge in [-0.25, -0.2) is 0 Å². The first-order valence-corrected chi connectivity index (χ1v) is 8.90. The monoisotopic (exact) mass is 351 g/mol. The van der Waals surface area contributed by atoms with Crippen molar-refractivity contribution < 1.29 is 9.47 Å². The second-order valence-corrected chi connectivity index (χ2v) is 7.38. The molecule has 4 heteroatoms. The van der Waals surface area contributed by atoms with Crippen LogP contribution >= 0.6 is 15.9 Å². The summed E-state index contributed by atoms with van der Waals surface area (Å²) in [5, 5.41) is 3.88. The van der Waals surface area contributed by atoms with Crippen LogP contribution in [0.5, 0.6) is 5.75 Å². The zero-order valence-electron chi connectivity index (χ0n) is 12.2. The summed E-state index contributed by atoms with van der Waals surface area (Å²) in [6.45, 7) is 1.73. The zero-order chi connectivity index (χ0) is 14.2. The molecule has 3 nitrogen and oxygen atoms in total. The van der Waals surface area contributed by atoms with Crippen LogP contribution in [0.25, 0.3) is 0 Å². The van der Waals surface area contributed by atoms with Crippen LogP contribution in [0.2, 0.25) is 0 Å². The van der Waals surface area contributed by atoms with Crippen molar-refractivity contribution in [2.45, 2.75) is 50.3 Å². The molecule has 21 heavy (non-hydrogen) atoms. The molecule has 2 heterocycles. The van der Waals surface area contributed by atoms with Gasteiger partial charge in [0.2, 0.25) is 0 Å². The number of ether oxygens (including phenoxy) is 2. The Morgan fingerprint density at radius 1 is 1.10 bits per heavy atom. The molecule has 114 valence electrons. The Labute approximate surface area is 134 Å². The van der Waals surface area contributed by atoms with Crippen LogP contribution < -0.4 is 10.1 Å². The van der Waals surface area contributed by atoms with Gasteiger partial charge in [-0.1, -0.05) is 22.0 Å². The normalized spacial score (nSPS) is 32.3. The van der Waals surface area contributed by atoms with E-state index in [1.807, 2.05) is 0 Å². The Balaban J connectivity index is 1.54. The Hall–Kier alpha value is -0.580. The van der Waals surface area contributed by atoms with Crippen molar-refractivity contribution in [3.05, 3.63) is 28.2 Å². The maximum atomic E-state index is 5.97. The summed E-state index contributed by atoms with van der Waals surface area (Å²) in [5.74, 6) is 1.83. The minimum atomic E-state index is 0.392. The van der Waals surface area contributed by atoms with E-state index < -0.39 is 0 Å². The molecular formula is C17H22BrNO2. The van der Waals surface area contributed by atoms with Crippen LogP contribution in [-0.2, 0) is 4.74 Å². The summed E-state index contributed by atoms with van der Waals surface area (Å²) < 4.78 is 13.0. The highest BCUT2D eigenvalue weighted by molar-refractivity contribution is 9.10. The Kier molecular flexibility index (Phi) is 3.94. The molecule has 1 saturated heterocycles. The number of rotatable bonds is 3. The fourth-order valence-corrected chi connectivity index (χ4v) is 4.00. The predicted octanol–water partition coefficient (Wildman–Crippen LogP) is 3.82. The van der Waals surface area contributed by atoms with E-state index in [2.05, 4.69) is 39.4 Å². The second-order valence-electron chi connectivity index (χ2n) is 6.46. The van der Waals surface area contributed by atoms with Crippen LogP contribution in [0.15, 0.2) is 22.7 Å². The summed E-state index contributed by atoms with van der Waals surface area (Å²) in [6.07, 6.45) is 6.52. The highest BCUT2D eigenvalue weighted by atomic mass is 79.9. The highest BCUT2D eigenvalue weighted by Crippen LogP contribution is 2.40. The van der Waals surface area contributed by atoms with Crippen LogP contribution in [0.1, 0.15) is 43.7 Å². The van der Waals surface area contributed by atoms with Crippen molar-refractivity contribution in [2.75, 3.05) is 13.2 Å². The van der Waals surface area contributed by atoms with Gasteiger partial charge < -0.3 is 14.8 Å². The van der Waals surface area contributed by atoms with Crippen molar-refractivity contribution in [3.8, 4) is 5.75 Å². The molecule has 1 aliphatic carbocycles. The molecule has 0 radical (unpaired) electrons. The van der Waals surface area contributed by atoms with Crippen molar-refractivity contribution in [2.24, 2.45) is 5.92 Å². The van der Waals surface area contributed by atoms with E-state index in [0.717, 1.165) is 48.6 Å². The molecule has 0 aromatic heterocycles. The standard InChI is InChI=1S/C17H22BrNO2/c18-12-5-6-13-14(2-1-8-20-16(13)10-12)19-15-7-9-21-17(15)11-3-4-11/h5-6,10-11,14-15,17,19H,1-4,7-9H2. The van der Waals surface area contributed by atoms with E-state index in [-0.39, 0.29) is 0 Å². The van der Waals surface area contributed by atoms with Crippen molar-refractivity contribution in [1.82, 2.24) is 5.32 Å². The Morgan fingerprint density at radius 2 is 2.00 bits per heavy atom. The second kappa shape index (κ2) is 5.90. The lowest BCUT2D eigenvalue weighted by Crippen LogP contribution is -2.39. The van der Waals surface area contributed by atoms with Gasteiger partial charge in [0.25, 0.3) is 0 Å². The zero-order valence-corrected chi connectivity index (χ0v) is 13.8. The SMILES string of the molecule is Brc1ccc2c(c1)OCCCC2NC1CCOC1C1CC1. The van der Waals surface area contributed by atoms with Crippen LogP contribution in [0, 0.1) is 5.92 Å². The third-order valence-corrected chi connectivity index (χ3v) is 5.38. The lowest BCUT2D eigenvalue weighted by atomic mass is 9.98. The lowest BCUT2D eigenvalue weighted by molar-refractivity contribution is 0.0786. The predicted molar refractivity (Wildman–Crippen MR) is 85.6 cm³/mol. The molecule has 2 fully saturated rings. The quantitative estimate of drug-likeness (QED) is 0.897. The lowest BCUT2D eigenvalue weighted by Gasteiger charge is -2.26. The minimum absolute atomic E-state index is 0.392. The maximum absolute atomic E-state index is 5.97. The summed E-state index contributed by atoms with van der Waals surface area (Å²) in [5.41, 5.74) is 1.30. The summed E-state index contributed by atoms with van der Waals surface area (Å²) in [7, 11) is 0. The van der Waals surface area contributed by atoms with Gasteiger partial charge in [-0.2, -0.15) is 0 Å². The van der Waals surface area contributed by atoms with Crippen LogP contribution in [-0.4, -0.2) is 25.4 Å². The highest BCUT2D eigenvalue weighted by Gasteiger charge is 2.41. The molecule has 1 saturated carbocycles. The van der Waals surface area contributed by atoms with Crippen LogP contribution in [0.4, 0.5) is 0 Å². The first kappa shape index (κ1) is 14.0. The molecule has 0 spiro atoms. The largest absolute Gasteiger partial charge is 0.493 e. The average molecular weight is 352 g/mol. The van der Waals surface area contributed by atoms with Crippen molar-refractivity contribution in [3.63, 3.8) is 0 Å². The molecule has 1 aromatic carbocycles. The number of hydrogen-bond donors (Lipinski definition) is 1. The Morgan fingerprint density at radius 3 is 2.86 bits per heavy atom. The number of benzene rings is 1. The Bertz CT molecular complexity index is 518. The summed E-state index contributed by atoms with van der Waals surface area (Å²) >= 11 is 3.54. The molecule has 2 aliphatic heterocycles. The van der Waals surface area contributed by atoms with Crippen molar-refractivity contribution >= 4 is 15.9 Å².